The number of ether oxygens (including phenoxy) is 1. The molecule has 0 aromatic heterocycles. The molecule has 0 saturated carbocycles. The second-order valence-electron chi connectivity index (χ2n) is 5.54. The highest BCUT2D eigenvalue weighted by Gasteiger charge is 2.40. The number of primary amides is 1. The average Bonchev–Trinajstić information content (AvgIpc) is 2.42. The van der Waals surface area contributed by atoms with E-state index in [1.807, 2.05) is 0 Å². The predicted octanol–water partition coefficient (Wildman–Crippen LogP) is -0.227. The molecule has 8 nitrogen and oxygen atoms in total. The molecule has 8 heteroatoms. The number of carbonyl (C=O) groups excluding carboxylic acids is 2. The lowest BCUT2D eigenvalue weighted by molar-refractivity contribution is -0.154. The fourth-order valence-electron chi connectivity index (χ4n) is 2.23. The molecule has 0 unspecified atom stereocenters. The number of carboxylic acids is 1. The fraction of sp³-hybridized carbons (Fsp3) is 0.769. The molecule has 3 amide bonds. The second kappa shape index (κ2) is 7.26. The number of nitrogens with one attached hydrogen (secondary N) is 1. The van der Waals surface area contributed by atoms with Gasteiger partial charge in [-0.2, -0.15) is 0 Å². The molecule has 1 aliphatic heterocycles. The SMILES string of the molecule is CC(C)N(CC(N)=O)C(=O)NCC1(C(=O)O)CCOCC1. The monoisotopic (exact) mass is 301 g/mol. The van der Waals surface area contributed by atoms with Crippen LogP contribution in [0.3, 0.4) is 0 Å². The van der Waals surface area contributed by atoms with E-state index in [4.69, 9.17) is 10.5 Å². The van der Waals surface area contributed by atoms with Gasteiger partial charge in [-0.05, 0) is 26.7 Å². The largest absolute Gasteiger partial charge is 0.481 e. The first-order chi connectivity index (χ1) is 9.78. The highest BCUT2D eigenvalue weighted by molar-refractivity contribution is 5.83. The molecule has 120 valence electrons. The molecule has 21 heavy (non-hydrogen) atoms. The van der Waals surface area contributed by atoms with Crippen LogP contribution >= 0.6 is 0 Å². The van der Waals surface area contributed by atoms with Gasteiger partial charge in [0.1, 0.15) is 6.54 Å². The Balaban J connectivity index is 2.67. The smallest absolute Gasteiger partial charge is 0.318 e. The summed E-state index contributed by atoms with van der Waals surface area (Å²) < 4.78 is 5.17. The summed E-state index contributed by atoms with van der Waals surface area (Å²) in [7, 11) is 0. The number of hydrogen-bond acceptors (Lipinski definition) is 4. The van der Waals surface area contributed by atoms with Gasteiger partial charge in [-0.3, -0.25) is 9.59 Å². The first kappa shape index (κ1) is 17.2. The number of rotatable bonds is 6. The second-order valence-corrected chi connectivity index (χ2v) is 5.54. The zero-order valence-corrected chi connectivity index (χ0v) is 12.4. The van der Waals surface area contributed by atoms with E-state index in [0.717, 1.165) is 0 Å². The third-order valence-electron chi connectivity index (χ3n) is 3.69. The van der Waals surface area contributed by atoms with E-state index in [9.17, 15) is 19.5 Å². The Labute approximate surface area is 123 Å². The molecule has 0 atom stereocenters. The highest BCUT2D eigenvalue weighted by Crippen LogP contribution is 2.30. The topological polar surface area (TPSA) is 122 Å². The van der Waals surface area contributed by atoms with Gasteiger partial charge in [-0.25, -0.2) is 4.79 Å². The number of carboxylic acid groups (broad SMARTS) is 1. The molecule has 1 aliphatic rings. The molecule has 0 aliphatic carbocycles. The number of nitrogens with two attached hydrogens (primary N) is 1. The minimum atomic E-state index is -1.01. The number of nitrogens with zero attached hydrogens (tertiary/aromatic N) is 1. The van der Waals surface area contributed by atoms with Crippen LogP contribution in [0.4, 0.5) is 4.79 Å². The van der Waals surface area contributed by atoms with Crippen molar-refractivity contribution < 1.29 is 24.2 Å². The number of amides is 3. The maximum absolute atomic E-state index is 12.1. The Morgan fingerprint density at radius 3 is 2.33 bits per heavy atom. The molecule has 1 heterocycles. The summed E-state index contributed by atoms with van der Waals surface area (Å²) in [4.78, 5) is 35.8. The summed E-state index contributed by atoms with van der Waals surface area (Å²) in [6.45, 7) is 4.03. The first-order valence-electron chi connectivity index (χ1n) is 6.92. The van der Waals surface area contributed by atoms with Crippen molar-refractivity contribution in [2.24, 2.45) is 11.1 Å². The van der Waals surface area contributed by atoms with E-state index in [-0.39, 0.29) is 19.1 Å². The molecular formula is C13H23N3O5. The normalized spacial score (nSPS) is 17.3. The van der Waals surface area contributed by atoms with Gasteiger partial charge in [0.2, 0.25) is 5.91 Å². The van der Waals surface area contributed by atoms with Gasteiger partial charge >= 0.3 is 12.0 Å². The Morgan fingerprint density at radius 2 is 1.90 bits per heavy atom. The predicted molar refractivity (Wildman–Crippen MR) is 74.6 cm³/mol. The van der Waals surface area contributed by atoms with Crippen molar-refractivity contribution in [1.82, 2.24) is 10.2 Å². The summed E-state index contributed by atoms with van der Waals surface area (Å²) in [5.41, 5.74) is 4.10. The Hall–Kier alpha value is -1.83. The lowest BCUT2D eigenvalue weighted by atomic mass is 9.80. The van der Waals surface area contributed by atoms with E-state index in [1.165, 1.54) is 4.90 Å². The number of aliphatic carboxylic acids is 1. The quantitative estimate of drug-likeness (QED) is 0.625. The molecule has 0 aromatic carbocycles. The van der Waals surface area contributed by atoms with Crippen molar-refractivity contribution in [3.8, 4) is 0 Å². The van der Waals surface area contributed by atoms with E-state index in [2.05, 4.69) is 5.32 Å². The van der Waals surface area contributed by atoms with Crippen LogP contribution in [-0.2, 0) is 14.3 Å². The van der Waals surface area contributed by atoms with Gasteiger partial charge in [0.25, 0.3) is 0 Å². The molecule has 1 fully saturated rings. The average molecular weight is 301 g/mol. The molecular weight excluding hydrogens is 278 g/mol. The van der Waals surface area contributed by atoms with Gasteiger partial charge < -0.3 is 25.8 Å². The minimum Gasteiger partial charge on any atom is -0.481 e. The van der Waals surface area contributed by atoms with Gasteiger partial charge in [-0.15, -0.1) is 0 Å². The van der Waals surface area contributed by atoms with Crippen LogP contribution in [0.5, 0.6) is 0 Å². The third kappa shape index (κ3) is 4.59. The fourth-order valence-corrected chi connectivity index (χ4v) is 2.23. The van der Waals surface area contributed by atoms with Crippen LogP contribution < -0.4 is 11.1 Å². The zero-order chi connectivity index (χ0) is 16.0. The first-order valence-corrected chi connectivity index (χ1v) is 6.92. The maximum atomic E-state index is 12.1. The van der Waals surface area contributed by atoms with E-state index in [1.54, 1.807) is 13.8 Å². The van der Waals surface area contributed by atoms with Crippen molar-refractivity contribution >= 4 is 17.9 Å². The molecule has 0 radical (unpaired) electrons. The van der Waals surface area contributed by atoms with Gasteiger partial charge in [0, 0.05) is 25.8 Å². The summed E-state index contributed by atoms with van der Waals surface area (Å²) in [5.74, 6) is -1.56. The molecule has 1 rings (SSSR count). The summed E-state index contributed by atoms with van der Waals surface area (Å²) in [6, 6.07) is -0.705. The van der Waals surface area contributed by atoms with Gasteiger partial charge in [0.15, 0.2) is 0 Å². The van der Waals surface area contributed by atoms with Crippen LogP contribution in [0, 0.1) is 5.41 Å². The Morgan fingerprint density at radius 1 is 1.33 bits per heavy atom. The molecule has 1 saturated heterocycles. The highest BCUT2D eigenvalue weighted by atomic mass is 16.5. The van der Waals surface area contributed by atoms with Crippen molar-refractivity contribution in [3.05, 3.63) is 0 Å². The standard InChI is InChI=1S/C13H23N3O5/c1-9(2)16(7-10(14)17)12(20)15-8-13(11(18)19)3-5-21-6-4-13/h9H,3-8H2,1-2H3,(H2,14,17)(H,15,20)(H,18,19). The van der Waals surface area contributed by atoms with Crippen LogP contribution in [0.2, 0.25) is 0 Å². The van der Waals surface area contributed by atoms with Crippen molar-refractivity contribution in [3.63, 3.8) is 0 Å². The van der Waals surface area contributed by atoms with Gasteiger partial charge in [0.05, 0.1) is 5.41 Å². The molecule has 0 bridgehead atoms. The van der Waals surface area contributed by atoms with E-state index < -0.39 is 23.3 Å². The Kier molecular flexibility index (Phi) is 5.95. The zero-order valence-electron chi connectivity index (χ0n) is 12.4. The lowest BCUT2D eigenvalue weighted by Crippen LogP contribution is -2.52. The number of hydrogen-bond donors (Lipinski definition) is 3. The summed E-state index contributed by atoms with van der Waals surface area (Å²) in [6.07, 6.45) is 0.695. The van der Waals surface area contributed by atoms with Crippen LogP contribution in [0.15, 0.2) is 0 Å². The molecule has 4 N–H and O–H groups in total. The maximum Gasteiger partial charge on any atom is 0.318 e. The summed E-state index contributed by atoms with van der Waals surface area (Å²) in [5, 5.41) is 12.0. The lowest BCUT2D eigenvalue weighted by Gasteiger charge is -2.34. The minimum absolute atomic E-state index is 0.00646. The van der Waals surface area contributed by atoms with Crippen LogP contribution in [-0.4, -0.2) is 60.3 Å². The third-order valence-corrected chi connectivity index (χ3v) is 3.69. The van der Waals surface area contributed by atoms with E-state index >= 15 is 0 Å². The molecule has 0 spiro atoms. The van der Waals surface area contributed by atoms with Crippen LogP contribution in [0.25, 0.3) is 0 Å². The van der Waals surface area contributed by atoms with Crippen molar-refractivity contribution in [2.75, 3.05) is 26.3 Å². The van der Waals surface area contributed by atoms with Gasteiger partial charge in [-0.1, -0.05) is 0 Å². The molecule has 0 aromatic rings. The number of carbonyl (C=O) groups is 3. The van der Waals surface area contributed by atoms with E-state index in [0.29, 0.717) is 26.1 Å². The van der Waals surface area contributed by atoms with Crippen LogP contribution in [0.1, 0.15) is 26.7 Å². The van der Waals surface area contributed by atoms with Crippen molar-refractivity contribution in [2.45, 2.75) is 32.7 Å². The Bertz CT molecular complexity index is 405. The van der Waals surface area contributed by atoms with Crippen molar-refractivity contribution in [1.29, 1.82) is 0 Å². The summed E-state index contributed by atoms with van der Waals surface area (Å²) >= 11 is 0. The number of urea groups is 1.